The molecule has 0 atom stereocenters. The lowest BCUT2D eigenvalue weighted by Crippen LogP contribution is -2.09. The van der Waals surface area contributed by atoms with E-state index in [1.54, 1.807) is 0 Å². The van der Waals surface area contributed by atoms with Crippen LogP contribution in [0.1, 0.15) is 51.0 Å². The molecule has 0 aliphatic carbocycles. The van der Waals surface area contributed by atoms with Gasteiger partial charge in [-0.05, 0) is 25.0 Å². The van der Waals surface area contributed by atoms with E-state index in [2.05, 4.69) is 6.92 Å². The Morgan fingerprint density at radius 2 is 1.50 bits per heavy atom. The fraction of sp³-hybridized carbons (Fsp3) is 0.529. The van der Waals surface area contributed by atoms with Gasteiger partial charge in [0.05, 0.1) is 16.7 Å². The van der Waals surface area contributed by atoms with Gasteiger partial charge in [-0.25, -0.2) is 0 Å². The van der Waals surface area contributed by atoms with E-state index < -0.39 is 5.97 Å². The highest BCUT2D eigenvalue weighted by atomic mass is 35.5. The van der Waals surface area contributed by atoms with Crippen molar-refractivity contribution in [1.82, 2.24) is 0 Å². The maximum absolute atomic E-state index is 11.7. The van der Waals surface area contributed by atoms with Crippen LogP contribution in [0.15, 0.2) is 12.1 Å². The number of carbonyl (C=O) groups excluding carboxylic acids is 2. The Morgan fingerprint density at radius 3 is 2.08 bits per heavy atom. The van der Waals surface area contributed by atoms with Crippen LogP contribution in [0.5, 0.6) is 0 Å². The van der Waals surface area contributed by atoms with Crippen molar-refractivity contribution in [1.29, 1.82) is 0 Å². The van der Waals surface area contributed by atoms with Gasteiger partial charge in [-0.2, -0.15) is 0 Å². The standard InChI is InChI=1S/C17H21Cl3O4/c1-2-3-4-8-23-16(21)6-5-7-17(22)24-11-13-14(19)9-12(18)10-15(13)20/h9-10H,2-8,11H2,1H3. The van der Waals surface area contributed by atoms with Gasteiger partial charge in [0.15, 0.2) is 0 Å². The number of hydrogen-bond acceptors (Lipinski definition) is 4. The average molecular weight is 396 g/mol. The molecule has 0 spiro atoms. The highest BCUT2D eigenvalue weighted by Crippen LogP contribution is 2.29. The lowest BCUT2D eigenvalue weighted by molar-refractivity contribution is -0.146. The molecule has 0 bridgehead atoms. The Morgan fingerprint density at radius 1 is 0.917 bits per heavy atom. The number of hydrogen-bond donors (Lipinski definition) is 0. The van der Waals surface area contributed by atoms with Crippen LogP contribution in [0, 0.1) is 0 Å². The summed E-state index contributed by atoms with van der Waals surface area (Å²) < 4.78 is 10.2. The zero-order valence-electron chi connectivity index (χ0n) is 13.6. The van der Waals surface area contributed by atoms with Crippen molar-refractivity contribution in [3.8, 4) is 0 Å². The lowest BCUT2D eigenvalue weighted by atomic mass is 10.2. The highest BCUT2D eigenvalue weighted by Gasteiger charge is 2.12. The minimum Gasteiger partial charge on any atom is -0.466 e. The third-order valence-corrected chi connectivity index (χ3v) is 4.15. The molecule has 0 amide bonds. The predicted octanol–water partition coefficient (Wildman–Crippen LogP) is 5.59. The summed E-state index contributed by atoms with van der Waals surface area (Å²) in [6.45, 7) is 2.48. The molecule has 7 heteroatoms. The number of unbranched alkanes of at least 4 members (excludes halogenated alkanes) is 2. The van der Waals surface area contributed by atoms with Crippen LogP contribution in [0.3, 0.4) is 0 Å². The molecule has 0 N–H and O–H groups in total. The highest BCUT2D eigenvalue weighted by molar-refractivity contribution is 6.39. The largest absolute Gasteiger partial charge is 0.466 e. The molecule has 24 heavy (non-hydrogen) atoms. The van der Waals surface area contributed by atoms with Crippen molar-refractivity contribution >= 4 is 46.7 Å². The van der Waals surface area contributed by atoms with E-state index in [9.17, 15) is 9.59 Å². The second-order valence-electron chi connectivity index (χ2n) is 5.29. The Kier molecular flexibility index (Phi) is 10.2. The van der Waals surface area contributed by atoms with E-state index in [-0.39, 0.29) is 25.4 Å². The monoisotopic (exact) mass is 394 g/mol. The summed E-state index contributed by atoms with van der Waals surface area (Å²) in [5.74, 6) is -0.710. The Bertz CT molecular complexity index is 538. The first-order chi connectivity index (χ1) is 11.4. The second-order valence-corrected chi connectivity index (χ2v) is 6.54. The first-order valence-electron chi connectivity index (χ1n) is 7.88. The minimum absolute atomic E-state index is 0.0326. The Balaban J connectivity index is 2.24. The van der Waals surface area contributed by atoms with E-state index in [1.807, 2.05) is 0 Å². The molecule has 134 valence electrons. The van der Waals surface area contributed by atoms with Crippen molar-refractivity contribution in [3.05, 3.63) is 32.8 Å². The van der Waals surface area contributed by atoms with Crippen LogP contribution < -0.4 is 0 Å². The molecule has 0 aromatic heterocycles. The number of benzene rings is 1. The van der Waals surface area contributed by atoms with Gasteiger partial charge in [-0.3, -0.25) is 9.59 Å². The van der Waals surface area contributed by atoms with Gasteiger partial charge in [0.2, 0.25) is 0 Å². The maximum atomic E-state index is 11.7. The van der Waals surface area contributed by atoms with Crippen molar-refractivity contribution in [3.63, 3.8) is 0 Å². The summed E-state index contributed by atoms with van der Waals surface area (Å²) in [5, 5.41) is 1.10. The van der Waals surface area contributed by atoms with Crippen molar-refractivity contribution in [2.75, 3.05) is 6.61 Å². The summed E-state index contributed by atoms with van der Waals surface area (Å²) in [4.78, 5) is 23.2. The number of halogens is 3. The number of ether oxygens (including phenoxy) is 2. The minimum atomic E-state index is -0.420. The quantitative estimate of drug-likeness (QED) is 0.382. The van der Waals surface area contributed by atoms with Gasteiger partial charge in [0, 0.05) is 23.4 Å². The number of rotatable bonds is 10. The summed E-state index contributed by atoms with van der Waals surface area (Å²) in [5.41, 5.74) is 0.506. The molecular weight excluding hydrogens is 375 g/mol. The van der Waals surface area contributed by atoms with E-state index in [4.69, 9.17) is 44.3 Å². The first kappa shape index (κ1) is 21.1. The topological polar surface area (TPSA) is 52.6 Å². The molecular formula is C17H21Cl3O4. The average Bonchev–Trinajstić information content (AvgIpc) is 2.50. The van der Waals surface area contributed by atoms with Crippen LogP contribution in [-0.4, -0.2) is 18.5 Å². The summed E-state index contributed by atoms with van der Waals surface area (Å²) in [6, 6.07) is 3.07. The predicted molar refractivity (Wildman–Crippen MR) is 95.6 cm³/mol. The van der Waals surface area contributed by atoms with Crippen molar-refractivity contribution in [2.24, 2.45) is 0 Å². The first-order valence-corrected chi connectivity index (χ1v) is 9.02. The lowest BCUT2D eigenvalue weighted by Gasteiger charge is -2.09. The second kappa shape index (κ2) is 11.6. The smallest absolute Gasteiger partial charge is 0.306 e. The van der Waals surface area contributed by atoms with Gasteiger partial charge in [-0.15, -0.1) is 0 Å². The molecule has 1 rings (SSSR count). The van der Waals surface area contributed by atoms with Crippen LogP contribution in [-0.2, 0) is 25.7 Å². The molecule has 0 unspecified atom stereocenters. The summed E-state index contributed by atoms with van der Waals surface area (Å²) >= 11 is 17.8. The maximum Gasteiger partial charge on any atom is 0.306 e. The van der Waals surface area contributed by atoms with Crippen LogP contribution in [0.4, 0.5) is 0 Å². The Hall–Kier alpha value is -0.970. The van der Waals surface area contributed by atoms with E-state index in [1.165, 1.54) is 12.1 Å². The van der Waals surface area contributed by atoms with E-state index in [0.29, 0.717) is 33.7 Å². The molecule has 4 nitrogen and oxygen atoms in total. The normalized spacial score (nSPS) is 10.5. The van der Waals surface area contributed by atoms with Gasteiger partial charge >= 0.3 is 11.9 Å². The molecule has 0 radical (unpaired) electrons. The number of esters is 2. The summed E-state index contributed by atoms with van der Waals surface area (Å²) in [6.07, 6.45) is 3.69. The fourth-order valence-corrected chi connectivity index (χ4v) is 2.85. The summed E-state index contributed by atoms with van der Waals surface area (Å²) in [7, 11) is 0. The molecule has 0 saturated heterocycles. The fourth-order valence-electron chi connectivity index (χ4n) is 1.92. The molecule has 1 aromatic carbocycles. The molecule has 0 aliphatic heterocycles. The van der Waals surface area contributed by atoms with Gasteiger partial charge in [0.1, 0.15) is 6.61 Å². The third-order valence-electron chi connectivity index (χ3n) is 3.26. The van der Waals surface area contributed by atoms with Gasteiger partial charge in [-0.1, -0.05) is 54.6 Å². The zero-order valence-corrected chi connectivity index (χ0v) is 15.8. The van der Waals surface area contributed by atoms with Crippen LogP contribution in [0.2, 0.25) is 15.1 Å². The third kappa shape index (κ3) is 8.22. The molecule has 1 aromatic rings. The van der Waals surface area contributed by atoms with E-state index >= 15 is 0 Å². The van der Waals surface area contributed by atoms with Gasteiger partial charge in [0.25, 0.3) is 0 Å². The number of carbonyl (C=O) groups is 2. The molecule has 0 saturated carbocycles. The van der Waals surface area contributed by atoms with Crippen molar-refractivity contribution < 1.29 is 19.1 Å². The molecule has 0 fully saturated rings. The van der Waals surface area contributed by atoms with Gasteiger partial charge < -0.3 is 9.47 Å². The van der Waals surface area contributed by atoms with E-state index in [0.717, 1.165) is 19.3 Å². The Labute approximate surface area is 157 Å². The SMILES string of the molecule is CCCCCOC(=O)CCCC(=O)OCc1c(Cl)cc(Cl)cc1Cl. The van der Waals surface area contributed by atoms with Crippen LogP contribution in [0.25, 0.3) is 0 Å². The molecule has 0 heterocycles. The van der Waals surface area contributed by atoms with Crippen molar-refractivity contribution in [2.45, 2.75) is 52.1 Å². The zero-order chi connectivity index (χ0) is 17.9. The molecule has 0 aliphatic rings. The van der Waals surface area contributed by atoms with Crippen LogP contribution >= 0.6 is 34.8 Å².